The number of amides is 2. The summed E-state index contributed by atoms with van der Waals surface area (Å²) in [7, 11) is 0. The van der Waals surface area contributed by atoms with Crippen molar-refractivity contribution in [3.05, 3.63) is 48.4 Å². The molecule has 1 saturated heterocycles. The van der Waals surface area contributed by atoms with Crippen LogP contribution >= 0.6 is 12.4 Å². The van der Waals surface area contributed by atoms with E-state index in [9.17, 15) is 9.59 Å². The molecule has 0 saturated carbocycles. The molecule has 2 amide bonds. The van der Waals surface area contributed by atoms with E-state index in [1.54, 1.807) is 30.3 Å². The molecule has 1 aromatic carbocycles. The van der Waals surface area contributed by atoms with Gasteiger partial charge in [-0.3, -0.25) is 9.59 Å². The Bertz CT molecular complexity index is 743. The van der Waals surface area contributed by atoms with E-state index in [-0.39, 0.29) is 30.8 Å². The van der Waals surface area contributed by atoms with Crippen molar-refractivity contribution in [2.75, 3.05) is 30.4 Å². The van der Waals surface area contributed by atoms with Gasteiger partial charge in [-0.25, -0.2) is 0 Å². The first-order valence-electron chi connectivity index (χ1n) is 8.16. The Morgan fingerprint density at radius 2 is 1.81 bits per heavy atom. The van der Waals surface area contributed by atoms with E-state index in [1.807, 2.05) is 0 Å². The first-order chi connectivity index (χ1) is 12.1. The smallest absolute Gasteiger partial charge is 0.258 e. The van der Waals surface area contributed by atoms with E-state index in [4.69, 9.17) is 14.9 Å². The Kier molecular flexibility index (Phi) is 6.79. The topological polar surface area (TPSA) is 107 Å². The number of ether oxygens (including phenoxy) is 1. The van der Waals surface area contributed by atoms with Crippen molar-refractivity contribution in [1.82, 2.24) is 0 Å². The molecule has 0 bridgehead atoms. The van der Waals surface area contributed by atoms with E-state index in [2.05, 4.69) is 10.6 Å². The Morgan fingerprint density at radius 3 is 2.42 bits per heavy atom. The molecular formula is C18H22ClN3O4. The highest BCUT2D eigenvalue weighted by molar-refractivity contribution is 6.04. The van der Waals surface area contributed by atoms with Crippen molar-refractivity contribution in [1.29, 1.82) is 0 Å². The van der Waals surface area contributed by atoms with E-state index < -0.39 is 5.41 Å². The predicted octanol–water partition coefficient (Wildman–Crippen LogP) is 2.65. The van der Waals surface area contributed by atoms with Gasteiger partial charge in [-0.05, 0) is 37.1 Å². The predicted molar refractivity (Wildman–Crippen MR) is 101 cm³/mol. The van der Waals surface area contributed by atoms with Crippen molar-refractivity contribution in [2.24, 2.45) is 11.1 Å². The van der Waals surface area contributed by atoms with Crippen LogP contribution in [0.2, 0.25) is 0 Å². The Hall–Kier alpha value is -2.35. The highest BCUT2D eigenvalue weighted by Gasteiger charge is 2.38. The average Bonchev–Trinajstić information content (AvgIpc) is 3.17. The molecule has 140 valence electrons. The minimum absolute atomic E-state index is 0. The molecule has 2 aromatic rings. The van der Waals surface area contributed by atoms with Gasteiger partial charge < -0.3 is 25.5 Å². The number of carbonyl (C=O) groups is 2. The molecule has 0 unspecified atom stereocenters. The van der Waals surface area contributed by atoms with Crippen LogP contribution in [0.1, 0.15) is 23.2 Å². The number of hydrogen-bond acceptors (Lipinski definition) is 5. The molecule has 0 aliphatic carbocycles. The minimum atomic E-state index is -0.603. The van der Waals surface area contributed by atoms with Gasteiger partial charge in [0.15, 0.2) is 0 Å². The van der Waals surface area contributed by atoms with Crippen LogP contribution in [0, 0.1) is 5.41 Å². The van der Waals surface area contributed by atoms with Crippen LogP contribution in [0.3, 0.4) is 0 Å². The molecule has 1 aliphatic rings. The lowest BCUT2D eigenvalue weighted by molar-refractivity contribution is -0.130. The number of hydrogen-bond donors (Lipinski definition) is 3. The van der Waals surface area contributed by atoms with Crippen LogP contribution in [0.5, 0.6) is 0 Å². The van der Waals surface area contributed by atoms with Crippen molar-refractivity contribution in [2.45, 2.75) is 12.8 Å². The molecule has 0 radical (unpaired) electrons. The normalized spacial score (nSPS) is 15.6. The maximum Gasteiger partial charge on any atom is 0.258 e. The van der Waals surface area contributed by atoms with Crippen LogP contribution in [-0.2, 0) is 9.53 Å². The van der Waals surface area contributed by atoms with Crippen molar-refractivity contribution in [3.8, 4) is 0 Å². The second-order valence-corrected chi connectivity index (χ2v) is 6.10. The third-order valence-corrected chi connectivity index (χ3v) is 4.48. The molecule has 3 rings (SSSR count). The maximum absolute atomic E-state index is 12.7. The Morgan fingerprint density at radius 1 is 1.12 bits per heavy atom. The van der Waals surface area contributed by atoms with Gasteiger partial charge >= 0.3 is 0 Å². The van der Waals surface area contributed by atoms with Crippen LogP contribution < -0.4 is 16.4 Å². The summed E-state index contributed by atoms with van der Waals surface area (Å²) >= 11 is 0. The quantitative estimate of drug-likeness (QED) is 0.740. The lowest BCUT2D eigenvalue weighted by atomic mass is 9.79. The molecule has 1 aromatic heterocycles. The number of nitrogens with one attached hydrogen (secondary N) is 2. The third kappa shape index (κ3) is 4.43. The van der Waals surface area contributed by atoms with Crippen LogP contribution in [0.4, 0.5) is 11.4 Å². The van der Waals surface area contributed by atoms with Gasteiger partial charge in [0, 0.05) is 31.1 Å². The summed E-state index contributed by atoms with van der Waals surface area (Å²) < 4.78 is 10.2. The van der Waals surface area contributed by atoms with Gasteiger partial charge in [0.1, 0.15) is 6.26 Å². The van der Waals surface area contributed by atoms with Crippen molar-refractivity contribution < 1.29 is 18.7 Å². The van der Waals surface area contributed by atoms with Gasteiger partial charge in [-0.2, -0.15) is 0 Å². The maximum atomic E-state index is 12.7. The van der Waals surface area contributed by atoms with Gasteiger partial charge in [0.05, 0.1) is 17.2 Å². The highest BCUT2D eigenvalue weighted by atomic mass is 35.5. The largest absolute Gasteiger partial charge is 0.472 e. The van der Waals surface area contributed by atoms with Crippen LogP contribution in [-0.4, -0.2) is 31.6 Å². The zero-order valence-corrected chi connectivity index (χ0v) is 15.0. The second-order valence-electron chi connectivity index (χ2n) is 6.10. The average molecular weight is 380 g/mol. The Labute approximate surface area is 157 Å². The monoisotopic (exact) mass is 379 g/mol. The van der Waals surface area contributed by atoms with Gasteiger partial charge in [-0.1, -0.05) is 6.07 Å². The van der Waals surface area contributed by atoms with E-state index >= 15 is 0 Å². The lowest BCUT2D eigenvalue weighted by Crippen LogP contribution is -2.46. The molecular weight excluding hydrogens is 358 g/mol. The van der Waals surface area contributed by atoms with Crippen LogP contribution in [0.15, 0.2) is 47.3 Å². The first-order valence-corrected chi connectivity index (χ1v) is 8.16. The molecule has 1 fully saturated rings. The molecule has 4 N–H and O–H groups in total. The highest BCUT2D eigenvalue weighted by Crippen LogP contribution is 2.31. The molecule has 0 spiro atoms. The molecule has 26 heavy (non-hydrogen) atoms. The molecule has 8 heteroatoms. The summed E-state index contributed by atoms with van der Waals surface area (Å²) in [6.07, 6.45) is 4.02. The van der Waals surface area contributed by atoms with Crippen molar-refractivity contribution in [3.63, 3.8) is 0 Å². The fourth-order valence-electron chi connectivity index (χ4n) is 2.82. The zero-order chi connectivity index (χ0) is 17.7. The SMILES string of the molecule is Cl.NCC1(C(=O)Nc2cccc(NC(=O)c3ccoc3)c2)CCOCC1. The van der Waals surface area contributed by atoms with Gasteiger partial charge in [0.2, 0.25) is 5.91 Å². The summed E-state index contributed by atoms with van der Waals surface area (Å²) in [4.78, 5) is 24.8. The summed E-state index contributed by atoms with van der Waals surface area (Å²) in [6, 6.07) is 8.58. The van der Waals surface area contributed by atoms with Crippen molar-refractivity contribution >= 4 is 35.6 Å². The second kappa shape index (κ2) is 8.84. The summed E-state index contributed by atoms with van der Waals surface area (Å²) in [6.45, 7) is 1.34. The number of benzene rings is 1. The van der Waals surface area contributed by atoms with Gasteiger partial charge in [-0.15, -0.1) is 12.4 Å². The number of anilines is 2. The number of nitrogens with two attached hydrogens (primary N) is 1. The number of rotatable bonds is 5. The van der Waals surface area contributed by atoms with E-state index in [0.29, 0.717) is 43.0 Å². The van der Waals surface area contributed by atoms with Crippen LogP contribution in [0.25, 0.3) is 0 Å². The fraction of sp³-hybridized carbons (Fsp3) is 0.333. The Balaban J connectivity index is 0.00000243. The zero-order valence-electron chi connectivity index (χ0n) is 14.2. The number of carbonyl (C=O) groups excluding carboxylic acids is 2. The number of halogens is 1. The standard InChI is InChI=1S/C18H21N3O4.ClH/c19-12-18(5-8-24-9-6-18)17(23)21-15-3-1-2-14(10-15)20-16(22)13-4-7-25-11-13;/h1-4,7,10-11H,5-6,8-9,12,19H2,(H,20,22)(H,21,23);1H. The molecule has 7 nitrogen and oxygen atoms in total. The van der Waals surface area contributed by atoms with Gasteiger partial charge in [0.25, 0.3) is 5.91 Å². The van der Waals surface area contributed by atoms with E-state index in [0.717, 1.165) is 0 Å². The third-order valence-electron chi connectivity index (χ3n) is 4.48. The minimum Gasteiger partial charge on any atom is -0.472 e. The first kappa shape index (κ1) is 20.0. The van der Waals surface area contributed by atoms with E-state index in [1.165, 1.54) is 12.5 Å². The number of furan rings is 1. The molecule has 0 atom stereocenters. The summed E-state index contributed by atoms with van der Waals surface area (Å²) in [5.41, 5.74) is 6.87. The molecule has 1 aliphatic heterocycles. The summed E-state index contributed by atoms with van der Waals surface area (Å²) in [5.74, 6) is -0.392. The molecule has 2 heterocycles. The fourth-order valence-corrected chi connectivity index (χ4v) is 2.82. The lowest BCUT2D eigenvalue weighted by Gasteiger charge is -2.34. The summed E-state index contributed by atoms with van der Waals surface area (Å²) in [5, 5.41) is 5.67.